The van der Waals surface area contributed by atoms with Crippen LogP contribution in [0.15, 0.2) is 0 Å². The highest BCUT2D eigenvalue weighted by Crippen LogP contribution is 2.12. The maximum atomic E-state index is 12.2. The molecule has 1 aliphatic heterocycles. The average Bonchev–Trinajstić information content (AvgIpc) is 2.35. The molecule has 0 aromatic carbocycles. The molecule has 0 aromatic heterocycles. The Labute approximate surface area is 105 Å². The number of unbranched alkanes of at least 4 members (excludes halogenated alkanes) is 1. The van der Waals surface area contributed by atoms with Gasteiger partial charge in [0.1, 0.15) is 0 Å². The smallest absolute Gasteiger partial charge is 0.239 e. The number of hydrogen-bond donors (Lipinski definition) is 1. The summed E-state index contributed by atoms with van der Waals surface area (Å²) in [5.74, 6) is 0.144. The van der Waals surface area contributed by atoms with Crippen molar-refractivity contribution in [3.05, 3.63) is 0 Å². The number of rotatable bonds is 5. The van der Waals surface area contributed by atoms with E-state index in [0.29, 0.717) is 6.04 Å². The summed E-state index contributed by atoms with van der Waals surface area (Å²) in [6, 6.07) is 0.196. The molecule has 2 N–H and O–H groups in total. The summed E-state index contributed by atoms with van der Waals surface area (Å²) in [7, 11) is 2.13. The normalized spacial score (nSPS) is 23.8. The van der Waals surface area contributed by atoms with Crippen LogP contribution in [0, 0.1) is 0 Å². The summed E-state index contributed by atoms with van der Waals surface area (Å²) in [6.07, 6.45) is 4.04. The molecule has 1 unspecified atom stereocenters. The molecule has 0 aromatic rings. The molecule has 1 saturated heterocycles. The van der Waals surface area contributed by atoms with Gasteiger partial charge < -0.3 is 10.6 Å². The molecule has 17 heavy (non-hydrogen) atoms. The van der Waals surface area contributed by atoms with Gasteiger partial charge in [0.2, 0.25) is 5.91 Å². The Hall–Kier alpha value is -0.610. The van der Waals surface area contributed by atoms with Crippen molar-refractivity contribution >= 4 is 5.91 Å². The van der Waals surface area contributed by atoms with Gasteiger partial charge in [-0.25, -0.2) is 0 Å². The SMILES string of the molecule is CCCC[C@H](N)C(=O)N1CCN(C)C(CC)C1. The second kappa shape index (κ2) is 6.97. The number of amides is 1. The zero-order valence-electron chi connectivity index (χ0n) is 11.5. The molecule has 1 fully saturated rings. The van der Waals surface area contributed by atoms with E-state index in [4.69, 9.17) is 5.73 Å². The lowest BCUT2D eigenvalue weighted by molar-refractivity contribution is -0.135. The molecular weight excluding hydrogens is 214 g/mol. The number of hydrogen-bond acceptors (Lipinski definition) is 3. The van der Waals surface area contributed by atoms with E-state index in [1.54, 1.807) is 0 Å². The van der Waals surface area contributed by atoms with Crippen molar-refractivity contribution < 1.29 is 4.79 Å². The molecule has 1 aliphatic rings. The van der Waals surface area contributed by atoms with E-state index in [1.807, 2.05) is 4.90 Å². The van der Waals surface area contributed by atoms with Crippen LogP contribution in [0.5, 0.6) is 0 Å². The van der Waals surface area contributed by atoms with E-state index < -0.39 is 0 Å². The summed E-state index contributed by atoms with van der Waals surface area (Å²) < 4.78 is 0. The predicted molar refractivity (Wildman–Crippen MR) is 70.8 cm³/mol. The van der Waals surface area contributed by atoms with Crippen LogP contribution in [0.3, 0.4) is 0 Å². The van der Waals surface area contributed by atoms with Crippen LogP contribution < -0.4 is 5.73 Å². The van der Waals surface area contributed by atoms with Crippen molar-refractivity contribution in [1.29, 1.82) is 0 Å². The van der Waals surface area contributed by atoms with Crippen LogP contribution >= 0.6 is 0 Å². The zero-order chi connectivity index (χ0) is 12.8. The van der Waals surface area contributed by atoms with E-state index in [9.17, 15) is 4.79 Å². The minimum absolute atomic E-state index is 0.144. The quantitative estimate of drug-likeness (QED) is 0.783. The number of carbonyl (C=O) groups excluding carboxylic acids is 1. The summed E-state index contributed by atoms with van der Waals surface area (Å²) in [6.45, 7) is 6.92. The van der Waals surface area contributed by atoms with Gasteiger partial charge in [-0.05, 0) is 19.9 Å². The molecule has 0 saturated carbocycles. The standard InChI is InChI=1S/C13H27N3O/c1-4-6-7-12(14)13(17)16-9-8-15(3)11(5-2)10-16/h11-12H,4-10,14H2,1-3H3/t11?,12-/m0/s1. The lowest BCUT2D eigenvalue weighted by atomic mass is 10.1. The molecule has 2 atom stereocenters. The lowest BCUT2D eigenvalue weighted by Gasteiger charge is -2.40. The van der Waals surface area contributed by atoms with Gasteiger partial charge in [-0.2, -0.15) is 0 Å². The van der Waals surface area contributed by atoms with E-state index in [0.717, 1.165) is 45.3 Å². The van der Waals surface area contributed by atoms with Crippen molar-refractivity contribution in [2.45, 2.75) is 51.6 Å². The molecule has 0 aliphatic carbocycles. The second-order valence-corrected chi connectivity index (χ2v) is 5.08. The van der Waals surface area contributed by atoms with Crippen LogP contribution in [0.1, 0.15) is 39.5 Å². The first kappa shape index (κ1) is 14.5. The van der Waals surface area contributed by atoms with Crippen LogP contribution in [-0.4, -0.2) is 54.5 Å². The number of nitrogens with two attached hydrogens (primary N) is 1. The molecule has 1 amide bonds. The topological polar surface area (TPSA) is 49.6 Å². The number of piperazine rings is 1. The van der Waals surface area contributed by atoms with Gasteiger partial charge in [-0.1, -0.05) is 26.7 Å². The van der Waals surface area contributed by atoms with Gasteiger partial charge in [-0.15, -0.1) is 0 Å². The Morgan fingerprint density at radius 3 is 2.71 bits per heavy atom. The first-order valence-corrected chi connectivity index (χ1v) is 6.84. The van der Waals surface area contributed by atoms with Crippen molar-refractivity contribution in [3.8, 4) is 0 Å². The summed E-state index contributed by atoms with van der Waals surface area (Å²) in [5, 5.41) is 0. The Kier molecular flexibility index (Phi) is 5.92. The average molecular weight is 241 g/mol. The molecule has 4 nitrogen and oxygen atoms in total. The van der Waals surface area contributed by atoms with Crippen LogP contribution in [0.25, 0.3) is 0 Å². The van der Waals surface area contributed by atoms with E-state index >= 15 is 0 Å². The van der Waals surface area contributed by atoms with Gasteiger partial charge in [-0.3, -0.25) is 9.69 Å². The van der Waals surface area contributed by atoms with E-state index in [-0.39, 0.29) is 11.9 Å². The fourth-order valence-corrected chi connectivity index (χ4v) is 2.37. The Morgan fingerprint density at radius 1 is 1.41 bits per heavy atom. The maximum Gasteiger partial charge on any atom is 0.239 e. The van der Waals surface area contributed by atoms with E-state index in [2.05, 4.69) is 25.8 Å². The van der Waals surface area contributed by atoms with Gasteiger partial charge in [0.15, 0.2) is 0 Å². The third kappa shape index (κ3) is 3.96. The maximum absolute atomic E-state index is 12.2. The van der Waals surface area contributed by atoms with Crippen LogP contribution in [-0.2, 0) is 4.79 Å². The largest absolute Gasteiger partial charge is 0.338 e. The van der Waals surface area contributed by atoms with Gasteiger partial charge in [0.05, 0.1) is 6.04 Å². The Morgan fingerprint density at radius 2 is 2.12 bits per heavy atom. The molecular formula is C13H27N3O. The van der Waals surface area contributed by atoms with Crippen molar-refractivity contribution in [2.75, 3.05) is 26.7 Å². The van der Waals surface area contributed by atoms with Crippen LogP contribution in [0.4, 0.5) is 0 Å². The molecule has 0 spiro atoms. The van der Waals surface area contributed by atoms with Gasteiger partial charge in [0, 0.05) is 25.7 Å². The third-order valence-corrected chi connectivity index (χ3v) is 3.75. The highest BCUT2D eigenvalue weighted by atomic mass is 16.2. The molecule has 100 valence electrons. The molecule has 1 heterocycles. The highest BCUT2D eigenvalue weighted by molar-refractivity contribution is 5.81. The minimum Gasteiger partial charge on any atom is -0.338 e. The Bertz CT molecular complexity index is 245. The predicted octanol–water partition coefficient (Wildman–Crippen LogP) is 1.06. The Balaban J connectivity index is 2.46. The molecule has 0 radical (unpaired) electrons. The van der Waals surface area contributed by atoms with Crippen molar-refractivity contribution in [3.63, 3.8) is 0 Å². The summed E-state index contributed by atoms with van der Waals surface area (Å²) in [4.78, 5) is 16.4. The fraction of sp³-hybridized carbons (Fsp3) is 0.923. The highest BCUT2D eigenvalue weighted by Gasteiger charge is 2.28. The lowest BCUT2D eigenvalue weighted by Crippen LogP contribution is -2.56. The summed E-state index contributed by atoms with van der Waals surface area (Å²) >= 11 is 0. The van der Waals surface area contributed by atoms with Crippen LogP contribution in [0.2, 0.25) is 0 Å². The van der Waals surface area contributed by atoms with Gasteiger partial charge in [0.25, 0.3) is 0 Å². The van der Waals surface area contributed by atoms with Crippen molar-refractivity contribution in [2.24, 2.45) is 5.73 Å². The van der Waals surface area contributed by atoms with Crippen molar-refractivity contribution in [1.82, 2.24) is 9.80 Å². The number of nitrogens with zero attached hydrogens (tertiary/aromatic N) is 2. The molecule has 4 heteroatoms. The fourth-order valence-electron chi connectivity index (χ4n) is 2.37. The minimum atomic E-state index is -0.295. The molecule has 0 bridgehead atoms. The van der Waals surface area contributed by atoms with E-state index in [1.165, 1.54) is 0 Å². The number of likely N-dealkylation sites (N-methyl/N-ethyl adjacent to an activating group) is 1. The monoisotopic (exact) mass is 241 g/mol. The molecule has 1 rings (SSSR count). The summed E-state index contributed by atoms with van der Waals surface area (Å²) in [5.41, 5.74) is 5.95. The van der Waals surface area contributed by atoms with Gasteiger partial charge >= 0.3 is 0 Å². The zero-order valence-corrected chi connectivity index (χ0v) is 11.5. The first-order valence-electron chi connectivity index (χ1n) is 6.84. The second-order valence-electron chi connectivity index (χ2n) is 5.08. The first-order chi connectivity index (χ1) is 8.10. The number of carbonyl (C=O) groups is 1. The third-order valence-electron chi connectivity index (χ3n) is 3.75.